The highest BCUT2D eigenvalue weighted by Gasteiger charge is 2.10. The van der Waals surface area contributed by atoms with Crippen molar-refractivity contribution in [2.75, 3.05) is 14.2 Å². The SMILES string of the molecule is COc1ccc(OC)c(C(=O)/C=C\O)c1. The highest BCUT2D eigenvalue weighted by atomic mass is 16.5. The molecule has 0 heterocycles. The molecule has 0 amide bonds. The van der Waals surface area contributed by atoms with E-state index in [0.717, 1.165) is 6.08 Å². The molecule has 1 N–H and O–H groups in total. The van der Waals surface area contributed by atoms with E-state index >= 15 is 0 Å². The van der Waals surface area contributed by atoms with Gasteiger partial charge in [0.2, 0.25) is 0 Å². The molecule has 0 radical (unpaired) electrons. The van der Waals surface area contributed by atoms with Crippen LogP contribution in [0.4, 0.5) is 0 Å². The maximum absolute atomic E-state index is 11.5. The Morgan fingerprint density at radius 2 is 2.07 bits per heavy atom. The second kappa shape index (κ2) is 5.05. The van der Waals surface area contributed by atoms with E-state index in [1.54, 1.807) is 18.2 Å². The zero-order valence-electron chi connectivity index (χ0n) is 8.56. The summed E-state index contributed by atoms with van der Waals surface area (Å²) in [6.07, 6.45) is 1.75. The number of carbonyl (C=O) groups excluding carboxylic acids is 1. The third-order valence-electron chi connectivity index (χ3n) is 1.90. The number of aliphatic hydroxyl groups is 1. The molecule has 0 aromatic heterocycles. The molecule has 0 saturated heterocycles. The number of rotatable bonds is 4. The smallest absolute Gasteiger partial charge is 0.192 e. The van der Waals surface area contributed by atoms with Crippen LogP contribution in [0.25, 0.3) is 0 Å². The summed E-state index contributed by atoms with van der Waals surface area (Å²) < 4.78 is 10.0. The van der Waals surface area contributed by atoms with Gasteiger partial charge < -0.3 is 14.6 Å². The molecule has 0 atom stereocenters. The van der Waals surface area contributed by atoms with Gasteiger partial charge in [0.05, 0.1) is 26.0 Å². The Bertz CT molecular complexity index is 382. The Balaban J connectivity index is 3.17. The van der Waals surface area contributed by atoms with Crippen LogP contribution >= 0.6 is 0 Å². The highest BCUT2D eigenvalue weighted by molar-refractivity contribution is 6.06. The van der Waals surface area contributed by atoms with Gasteiger partial charge in [-0.1, -0.05) is 0 Å². The average Bonchev–Trinajstić information content (AvgIpc) is 2.28. The fraction of sp³-hybridized carbons (Fsp3) is 0.182. The van der Waals surface area contributed by atoms with Crippen molar-refractivity contribution in [2.24, 2.45) is 0 Å². The quantitative estimate of drug-likeness (QED) is 0.467. The number of methoxy groups -OCH3 is 2. The predicted molar refractivity (Wildman–Crippen MR) is 55.6 cm³/mol. The minimum Gasteiger partial charge on any atom is -0.515 e. The Labute approximate surface area is 87.7 Å². The standard InChI is InChI=1S/C11H12O4/c1-14-8-3-4-11(15-2)9(7-8)10(13)5-6-12/h3-7,12H,1-2H3/b6-5-. The lowest BCUT2D eigenvalue weighted by atomic mass is 10.1. The molecule has 1 aromatic rings. The number of ketones is 1. The lowest BCUT2D eigenvalue weighted by Crippen LogP contribution is -1.99. The Hall–Kier alpha value is -1.97. The van der Waals surface area contributed by atoms with E-state index in [2.05, 4.69) is 0 Å². The van der Waals surface area contributed by atoms with E-state index in [4.69, 9.17) is 14.6 Å². The summed E-state index contributed by atoms with van der Waals surface area (Å²) in [5, 5.41) is 8.51. The fourth-order valence-electron chi connectivity index (χ4n) is 1.16. The topological polar surface area (TPSA) is 55.8 Å². The van der Waals surface area contributed by atoms with Crippen LogP contribution < -0.4 is 9.47 Å². The molecule has 0 aliphatic carbocycles. The summed E-state index contributed by atoms with van der Waals surface area (Å²) in [7, 11) is 2.99. The first-order chi connectivity index (χ1) is 7.22. The molecule has 0 unspecified atom stereocenters. The van der Waals surface area contributed by atoms with E-state index in [1.165, 1.54) is 14.2 Å². The molecule has 0 saturated carbocycles. The molecule has 0 aliphatic heterocycles. The molecule has 0 fully saturated rings. The van der Waals surface area contributed by atoms with Crippen molar-refractivity contribution in [3.63, 3.8) is 0 Å². The van der Waals surface area contributed by atoms with Crippen molar-refractivity contribution in [3.05, 3.63) is 36.1 Å². The van der Waals surface area contributed by atoms with E-state index in [-0.39, 0.29) is 5.78 Å². The monoisotopic (exact) mass is 208 g/mol. The molecule has 1 aromatic carbocycles. The maximum atomic E-state index is 11.5. The molecule has 0 spiro atoms. The summed E-state index contributed by atoms with van der Waals surface area (Å²) >= 11 is 0. The van der Waals surface area contributed by atoms with Gasteiger partial charge in [0, 0.05) is 6.08 Å². The molecule has 4 heteroatoms. The number of benzene rings is 1. The zero-order chi connectivity index (χ0) is 11.3. The van der Waals surface area contributed by atoms with Gasteiger partial charge in [0.1, 0.15) is 11.5 Å². The van der Waals surface area contributed by atoms with E-state index in [9.17, 15) is 4.79 Å². The molecular weight excluding hydrogens is 196 g/mol. The van der Waals surface area contributed by atoms with Gasteiger partial charge in [-0.15, -0.1) is 0 Å². The van der Waals surface area contributed by atoms with E-state index in [0.29, 0.717) is 23.3 Å². The first kappa shape index (κ1) is 11.1. The van der Waals surface area contributed by atoms with Gasteiger partial charge in [0.25, 0.3) is 0 Å². The number of aliphatic hydroxyl groups excluding tert-OH is 1. The Kier molecular flexibility index (Phi) is 3.74. The number of allylic oxidation sites excluding steroid dienone is 1. The third-order valence-corrected chi connectivity index (χ3v) is 1.90. The van der Waals surface area contributed by atoms with E-state index in [1.807, 2.05) is 0 Å². The summed E-state index contributed by atoms with van der Waals surface area (Å²) in [5.41, 5.74) is 0.349. The summed E-state index contributed by atoms with van der Waals surface area (Å²) in [6, 6.07) is 4.89. The van der Waals surface area contributed by atoms with Gasteiger partial charge in [-0.25, -0.2) is 0 Å². The normalized spacial score (nSPS) is 10.3. The summed E-state index contributed by atoms with van der Waals surface area (Å²) in [5.74, 6) is 0.664. The third kappa shape index (κ3) is 2.49. The molecule has 0 bridgehead atoms. The van der Waals surface area contributed by atoms with Crippen LogP contribution in [0.3, 0.4) is 0 Å². The second-order valence-electron chi connectivity index (χ2n) is 2.75. The van der Waals surface area contributed by atoms with Crippen LogP contribution in [0.2, 0.25) is 0 Å². The van der Waals surface area contributed by atoms with Gasteiger partial charge in [-0.05, 0) is 18.2 Å². The van der Waals surface area contributed by atoms with Crippen molar-refractivity contribution in [1.29, 1.82) is 0 Å². The Morgan fingerprint density at radius 1 is 1.33 bits per heavy atom. The molecule has 80 valence electrons. The first-order valence-corrected chi connectivity index (χ1v) is 4.30. The zero-order valence-corrected chi connectivity index (χ0v) is 8.56. The molecule has 1 rings (SSSR count). The number of ether oxygens (including phenoxy) is 2. The van der Waals surface area contributed by atoms with Crippen LogP contribution in [0.1, 0.15) is 10.4 Å². The minimum atomic E-state index is -0.340. The number of hydrogen-bond acceptors (Lipinski definition) is 4. The molecule has 15 heavy (non-hydrogen) atoms. The average molecular weight is 208 g/mol. The highest BCUT2D eigenvalue weighted by Crippen LogP contribution is 2.24. The summed E-state index contributed by atoms with van der Waals surface area (Å²) in [6.45, 7) is 0. The fourth-order valence-corrected chi connectivity index (χ4v) is 1.16. The second-order valence-corrected chi connectivity index (χ2v) is 2.75. The van der Waals surface area contributed by atoms with Crippen molar-refractivity contribution in [2.45, 2.75) is 0 Å². The lowest BCUT2D eigenvalue weighted by Gasteiger charge is -2.07. The van der Waals surface area contributed by atoms with Crippen LogP contribution in [-0.2, 0) is 0 Å². The van der Waals surface area contributed by atoms with Crippen LogP contribution in [-0.4, -0.2) is 25.1 Å². The molecular formula is C11H12O4. The molecule has 4 nitrogen and oxygen atoms in total. The van der Waals surface area contributed by atoms with E-state index < -0.39 is 0 Å². The van der Waals surface area contributed by atoms with Crippen molar-refractivity contribution in [3.8, 4) is 11.5 Å². The van der Waals surface area contributed by atoms with Crippen LogP contribution in [0, 0.1) is 0 Å². The van der Waals surface area contributed by atoms with Gasteiger partial charge in [0.15, 0.2) is 5.78 Å². The predicted octanol–water partition coefficient (Wildman–Crippen LogP) is 1.96. The summed E-state index contributed by atoms with van der Waals surface area (Å²) in [4.78, 5) is 11.5. The van der Waals surface area contributed by atoms with Crippen LogP contribution in [0.15, 0.2) is 30.5 Å². The largest absolute Gasteiger partial charge is 0.515 e. The molecule has 0 aliphatic rings. The number of hydrogen-bond donors (Lipinski definition) is 1. The lowest BCUT2D eigenvalue weighted by molar-refractivity contribution is 0.104. The maximum Gasteiger partial charge on any atom is 0.192 e. The van der Waals surface area contributed by atoms with Gasteiger partial charge in [-0.2, -0.15) is 0 Å². The first-order valence-electron chi connectivity index (χ1n) is 4.30. The van der Waals surface area contributed by atoms with Crippen molar-refractivity contribution < 1.29 is 19.4 Å². The number of carbonyl (C=O) groups is 1. The Morgan fingerprint density at radius 3 is 2.60 bits per heavy atom. The van der Waals surface area contributed by atoms with Crippen LogP contribution in [0.5, 0.6) is 11.5 Å². The van der Waals surface area contributed by atoms with Gasteiger partial charge >= 0.3 is 0 Å². The minimum absolute atomic E-state index is 0.340. The van der Waals surface area contributed by atoms with Crippen molar-refractivity contribution in [1.82, 2.24) is 0 Å². The van der Waals surface area contributed by atoms with Gasteiger partial charge in [-0.3, -0.25) is 4.79 Å². The van der Waals surface area contributed by atoms with Crippen molar-refractivity contribution >= 4 is 5.78 Å².